The number of thiazole rings is 1. The molecule has 0 amide bonds. The first-order chi connectivity index (χ1) is 8.79. The first kappa shape index (κ1) is 13.9. The number of nitrogens with zero attached hydrogens (tertiary/aromatic N) is 3. The molecule has 1 aliphatic heterocycles. The van der Waals surface area contributed by atoms with Crippen LogP contribution in [0.1, 0.15) is 19.5 Å². The summed E-state index contributed by atoms with van der Waals surface area (Å²) in [4.78, 5) is 9.38. The maximum Gasteiger partial charge on any atom is 0.0795 e. The van der Waals surface area contributed by atoms with Gasteiger partial charge in [-0.05, 0) is 13.8 Å². The Labute approximate surface area is 114 Å². The van der Waals surface area contributed by atoms with Crippen LogP contribution in [0.25, 0.3) is 0 Å². The lowest BCUT2D eigenvalue weighted by molar-refractivity contribution is 0.0462. The number of aromatic nitrogens is 1. The Morgan fingerprint density at radius 1 is 1.50 bits per heavy atom. The molecule has 2 rings (SSSR count). The molecule has 18 heavy (non-hydrogen) atoms. The third-order valence-corrected chi connectivity index (χ3v) is 4.08. The molecule has 102 valence electrons. The Balaban J connectivity index is 1.73. The number of hydrogen-bond donors (Lipinski definition) is 0. The molecule has 0 saturated carbocycles. The monoisotopic (exact) mass is 269 g/mol. The van der Waals surface area contributed by atoms with Gasteiger partial charge in [-0.3, -0.25) is 9.80 Å². The van der Waals surface area contributed by atoms with Gasteiger partial charge in [-0.1, -0.05) is 0 Å². The van der Waals surface area contributed by atoms with Crippen molar-refractivity contribution in [1.82, 2.24) is 14.8 Å². The molecule has 0 aromatic carbocycles. The van der Waals surface area contributed by atoms with Crippen LogP contribution in [-0.2, 0) is 11.3 Å². The highest BCUT2D eigenvalue weighted by Crippen LogP contribution is 2.12. The van der Waals surface area contributed by atoms with Crippen LogP contribution in [-0.4, -0.2) is 60.2 Å². The minimum Gasteiger partial charge on any atom is -0.380 e. The lowest BCUT2D eigenvalue weighted by atomic mass is 10.2. The van der Waals surface area contributed by atoms with Crippen molar-refractivity contribution in [2.24, 2.45) is 0 Å². The van der Waals surface area contributed by atoms with E-state index in [1.165, 1.54) is 5.69 Å². The SMILES string of the molecule is CCOCCN1CCN(Cc2cscn2)C[C@@H]1C. The normalized spacial score (nSPS) is 22.4. The van der Waals surface area contributed by atoms with E-state index < -0.39 is 0 Å². The molecule has 0 bridgehead atoms. The van der Waals surface area contributed by atoms with Crippen LogP contribution in [0.4, 0.5) is 0 Å². The molecule has 2 heterocycles. The Bertz CT molecular complexity index is 331. The van der Waals surface area contributed by atoms with Gasteiger partial charge < -0.3 is 4.74 Å². The average Bonchev–Trinajstić information content (AvgIpc) is 2.85. The fraction of sp³-hybridized carbons (Fsp3) is 0.769. The zero-order chi connectivity index (χ0) is 12.8. The molecular weight excluding hydrogens is 246 g/mol. The van der Waals surface area contributed by atoms with E-state index in [9.17, 15) is 0 Å². The zero-order valence-electron chi connectivity index (χ0n) is 11.3. The molecule has 0 unspecified atom stereocenters. The van der Waals surface area contributed by atoms with Crippen molar-refractivity contribution in [3.63, 3.8) is 0 Å². The van der Waals surface area contributed by atoms with E-state index in [2.05, 4.69) is 34.0 Å². The molecule has 1 atom stereocenters. The van der Waals surface area contributed by atoms with Gasteiger partial charge in [0.15, 0.2) is 0 Å². The van der Waals surface area contributed by atoms with Crippen LogP contribution < -0.4 is 0 Å². The van der Waals surface area contributed by atoms with E-state index in [0.29, 0.717) is 6.04 Å². The van der Waals surface area contributed by atoms with Gasteiger partial charge in [0.1, 0.15) is 0 Å². The molecule has 1 aromatic heterocycles. The minimum atomic E-state index is 0.609. The second kappa shape index (κ2) is 7.19. The summed E-state index contributed by atoms with van der Waals surface area (Å²) >= 11 is 1.68. The topological polar surface area (TPSA) is 28.6 Å². The van der Waals surface area contributed by atoms with Crippen LogP contribution in [0, 0.1) is 0 Å². The Morgan fingerprint density at radius 2 is 2.39 bits per heavy atom. The van der Waals surface area contributed by atoms with Gasteiger partial charge >= 0.3 is 0 Å². The van der Waals surface area contributed by atoms with Crippen molar-refractivity contribution in [2.75, 3.05) is 39.4 Å². The molecule has 0 spiro atoms. The van der Waals surface area contributed by atoms with Crippen molar-refractivity contribution in [2.45, 2.75) is 26.4 Å². The van der Waals surface area contributed by atoms with Crippen molar-refractivity contribution >= 4 is 11.3 Å². The fourth-order valence-corrected chi connectivity index (χ4v) is 2.97. The van der Waals surface area contributed by atoms with Crippen LogP contribution in [0.2, 0.25) is 0 Å². The summed E-state index contributed by atoms with van der Waals surface area (Å²) in [6.07, 6.45) is 0. The molecule has 5 heteroatoms. The highest BCUT2D eigenvalue weighted by molar-refractivity contribution is 7.07. The standard InChI is InChI=1S/C13H23N3OS/c1-3-17-7-6-16-5-4-15(8-12(16)2)9-13-10-18-11-14-13/h10-12H,3-9H2,1-2H3/t12-/m0/s1. The van der Waals surface area contributed by atoms with Gasteiger partial charge in [0.05, 0.1) is 17.8 Å². The average molecular weight is 269 g/mol. The molecule has 1 aromatic rings. The largest absolute Gasteiger partial charge is 0.380 e. The highest BCUT2D eigenvalue weighted by atomic mass is 32.1. The molecule has 0 aliphatic carbocycles. The Morgan fingerprint density at radius 3 is 3.06 bits per heavy atom. The predicted molar refractivity (Wildman–Crippen MR) is 74.9 cm³/mol. The smallest absolute Gasteiger partial charge is 0.0795 e. The first-order valence-corrected chi connectivity index (χ1v) is 7.65. The van der Waals surface area contributed by atoms with Gasteiger partial charge in [-0.25, -0.2) is 4.98 Å². The highest BCUT2D eigenvalue weighted by Gasteiger charge is 2.23. The summed E-state index contributed by atoms with van der Waals surface area (Å²) in [7, 11) is 0. The quantitative estimate of drug-likeness (QED) is 0.735. The summed E-state index contributed by atoms with van der Waals surface area (Å²) in [6.45, 7) is 11.5. The van der Waals surface area contributed by atoms with Gasteiger partial charge in [0.2, 0.25) is 0 Å². The lowest BCUT2D eigenvalue weighted by Crippen LogP contribution is -2.52. The van der Waals surface area contributed by atoms with E-state index in [1.807, 2.05) is 5.51 Å². The number of hydrogen-bond acceptors (Lipinski definition) is 5. The lowest BCUT2D eigenvalue weighted by Gasteiger charge is -2.39. The first-order valence-electron chi connectivity index (χ1n) is 6.70. The molecule has 1 saturated heterocycles. The summed E-state index contributed by atoms with van der Waals surface area (Å²) in [5, 5.41) is 2.14. The van der Waals surface area contributed by atoms with E-state index in [0.717, 1.165) is 45.9 Å². The number of rotatable bonds is 6. The maximum atomic E-state index is 5.43. The third kappa shape index (κ3) is 4.02. The van der Waals surface area contributed by atoms with E-state index in [-0.39, 0.29) is 0 Å². The third-order valence-electron chi connectivity index (χ3n) is 3.45. The van der Waals surface area contributed by atoms with Crippen molar-refractivity contribution in [3.05, 3.63) is 16.6 Å². The van der Waals surface area contributed by atoms with E-state index in [4.69, 9.17) is 4.74 Å². The Kier molecular flexibility index (Phi) is 5.56. The van der Waals surface area contributed by atoms with E-state index >= 15 is 0 Å². The van der Waals surface area contributed by atoms with Crippen LogP contribution in [0.5, 0.6) is 0 Å². The number of piperazine rings is 1. The van der Waals surface area contributed by atoms with Crippen molar-refractivity contribution < 1.29 is 4.74 Å². The van der Waals surface area contributed by atoms with Crippen LogP contribution in [0.15, 0.2) is 10.9 Å². The van der Waals surface area contributed by atoms with Gasteiger partial charge in [0, 0.05) is 50.8 Å². The Hall–Kier alpha value is -0.490. The number of ether oxygens (including phenoxy) is 1. The second-order valence-electron chi connectivity index (χ2n) is 4.80. The van der Waals surface area contributed by atoms with Gasteiger partial charge in [0.25, 0.3) is 0 Å². The van der Waals surface area contributed by atoms with E-state index in [1.54, 1.807) is 11.3 Å². The predicted octanol–water partition coefficient (Wildman–Crippen LogP) is 1.69. The maximum absolute atomic E-state index is 5.43. The molecular formula is C13H23N3OS. The van der Waals surface area contributed by atoms with Gasteiger partial charge in [-0.2, -0.15) is 0 Å². The molecule has 4 nitrogen and oxygen atoms in total. The van der Waals surface area contributed by atoms with Crippen molar-refractivity contribution in [3.8, 4) is 0 Å². The zero-order valence-corrected chi connectivity index (χ0v) is 12.2. The minimum absolute atomic E-state index is 0.609. The summed E-state index contributed by atoms with van der Waals surface area (Å²) < 4.78 is 5.43. The summed E-state index contributed by atoms with van der Waals surface area (Å²) in [5.41, 5.74) is 3.12. The second-order valence-corrected chi connectivity index (χ2v) is 5.52. The summed E-state index contributed by atoms with van der Waals surface area (Å²) in [6, 6.07) is 0.609. The van der Waals surface area contributed by atoms with Crippen molar-refractivity contribution in [1.29, 1.82) is 0 Å². The summed E-state index contributed by atoms with van der Waals surface area (Å²) in [5.74, 6) is 0. The molecule has 1 aliphatic rings. The molecule has 0 radical (unpaired) electrons. The van der Waals surface area contributed by atoms with Crippen LogP contribution >= 0.6 is 11.3 Å². The van der Waals surface area contributed by atoms with Crippen LogP contribution in [0.3, 0.4) is 0 Å². The molecule has 0 N–H and O–H groups in total. The molecule has 1 fully saturated rings. The fourth-order valence-electron chi connectivity index (χ4n) is 2.42. The van der Waals surface area contributed by atoms with Gasteiger partial charge in [-0.15, -0.1) is 11.3 Å².